The maximum Gasteiger partial charge on any atom is 0.217 e. The molecule has 1 aliphatic heterocycles. The first kappa shape index (κ1) is 17.2. The predicted molar refractivity (Wildman–Crippen MR) is 99.6 cm³/mol. The number of amides is 1. The molecule has 1 saturated heterocycles. The lowest BCUT2D eigenvalue weighted by Crippen LogP contribution is -2.49. The minimum atomic E-state index is -0.108. The highest BCUT2D eigenvalue weighted by molar-refractivity contribution is 5.74. The molecule has 1 spiro atoms. The molecule has 2 atom stereocenters. The summed E-state index contributed by atoms with van der Waals surface area (Å²) in [6.45, 7) is 4.04. The molecule has 1 aromatic heterocycles. The van der Waals surface area contributed by atoms with E-state index in [-0.39, 0.29) is 23.5 Å². The number of rotatable bonds is 4. The van der Waals surface area contributed by atoms with Crippen molar-refractivity contribution in [3.63, 3.8) is 0 Å². The van der Waals surface area contributed by atoms with Crippen molar-refractivity contribution in [3.05, 3.63) is 65.5 Å². The van der Waals surface area contributed by atoms with E-state index in [2.05, 4.69) is 33.8 Å². The van der Waals surface area contributed by atoms with Crippen molar-refractivity contribution in [2.75, 3.05) is 13.1 Å². The molecule has 5 heteroatoms. The Morgan fingerprint density at radius 3 is 2.69 bits per heavy atom. The SMILES string of the molecule is CC(=O)NC1c2ccccc2C2(CCNCC2)C1OCc1ccncc1. The molecular formula is C21H25N3O2. The molecule has 1 fully saturated rings. The Bertz CT molecular complexity index is 772. The molecule has 2 aromatic rings. The minimum Gasteiger partial charge on any atom is -0.370 e. The number of nitrogens with zero attached hydrogens (tertiary/aromatic N) is 1. The van der Waals surface area contributed by atoms with Crippen LogP contribution in [0.5, 0.6) is 0 Å². The van der Waals surface area contributed by atoms with Gasteiger partial charge in [0.1, 0.15) is 0 Å². The number of ether oxygens (including phenoxy) is 1. The molecule has 4 rings (SSSR count). The van der Waals surface area contributed by atoms with Gasteiger partial charge in [0.2, 0.25) is 5.91 Å². The molecule has 0 radical (unpaired) electrons. The second-order valence-electron chi connectivity index (χ2n) is 7.26. The number of benzene rings is 1. The van der Waals surface area contributed by atoms with Crippen LogP contribution in [0.4, 0.5) is 0 Å². The van der Waals surface area contributed by atoms with Gasteiger partial charge < -0.3 is 15.4 Å². The summed E-state index contributed by atoms with van der Waals surface area (Å²) in [5.74, 6) is -0.0201. The first-order valence-electron chi connectivity index (χ1n) is 9.28. The number of hydrogen-bond donors (Lipinski definition) is 2. The van der Waals surface area contributed by atoms with Gasteiger partial charge in [0.15, 0.2) is 0 Å². The normalized spacial score (nSPS) is 23.6. The summed E-state index contributed by atoms with van der Waals surface area (Å²) >= 11 is 0. The van der Waals surface area contributed by atoms with Crippen LogP contribution in [0, 0.1) is 0 Å². The lowest BCUT2D eigenvalue weighted by molar-refractivity contribution is -0.122. The smallest absolute Gasteiger partial charge is 0.217 e. The summed E-state index contributed by atoms with van der Waals surface area (Å²) in [5, 5.41) is 6.62. The van der Waals surface area contributed by atoms with Gasteiger partial charge in [0, 0.05) is 24.7 Å². The highest BCUT2D eigenvalue weighted by Crippen LogP contribution is 2.51. The maximum atomic E-state index is 11.9. The van der Waals surface area contributed by atoms with E-state index in [0.29, 0.717) is 6.61 Å². The molecule has 2 heterocycles. The van der Waals surface area contributed by atoms with Gasteiger partial charge in [0.25, 0.3) is 0 Å². The summed E-state index contributed by atoms with van der Waals surface area (Å²) in [4.78, 5) is 16.0. The number of fused-ring (bicyclic) bond motifs is 2. The molecule has 1 aromatic carbocycles. The Morgan fingerprint density at radius 1 is 1.23 bits per heavy atom. The molecule has 26 heavy (non-hydrogen) atoms. The molecule has 1 amide bonds. The first-order chi connectivity index (χ1) is 12.7. The number of carbonyl (C=O) groups excluding carboxylic acids is 1. The van der Waals surface area contributed by atoms with Gasteiger partial charge in [-0.25, -0.2) is 0 Å². The average molecular weight is 351 g/mol. The van der Waals surface area contributed by atoms with E-state index >= 15 is 0 Å². The van der Waals surface area contributed by atoms with E-state index in [1.807, 2.05) is 18.2 Å². The van der Waals surface area contributed by atoms with Gasteiger partial charge in [-0.15, -0.1) is 0 Å². The van der Waals surface area contributed by atoms with Gasteiger partial charge in [-0.05, 0) is 54.8 Å². The maximum absolute atomic E-state index is 11.9. The molecule has 2 aliphatic rings. The van der Waals surface area contributed by atoms with Crippen LogP contribution < -0.4 is 10.6 Å². The summed E-state index contributed by atoms with van der Waals surface area (Å²) < 4.78 is 6.51. The quantitative estimate of drug-likeness (QED) is 0.888. The number of hydrogen-bond acceptors (Lipinski definition) is 4. The number of pyridine rings is 1. The van der Waals surface area contributed by atoms with Crippen molar-refractivity contribution in [1.82, 2.24) is 15.6 Å². The van der Waals surface area contributed by atoms with E-state index in [0.717, 1.165) is 31.5 Å². The molecular weight excluding hydrogens is 326 g/mol. The fraction of sp³-hybridized carbons (Fsp3) is 0.429. The number of carbonyl (C=O) groups is 1. The third kappa shape index (κ3) is 3.02. The Morgan fingerprint density at radius 2 is 1.96 bits per heavy atom. The second kappa shape index (κ2) is 7.17. The number of piperidine rings is 1. The van der Waals surface area contributed by atoms with Crippen LogP contribution in [0.25, 0.3) is 0 Å². The monoisotopic (exact) mass is 351 g/mol. The Kier molecular flexibility index (Phi) is 4.74. The zero-order chi connectivity index (χ0) is 18.0. The fourth-order valence-electron chi connectivity index (χ4n) is 4.58. The lowest BCUT2D eigenvalue weighted by atomic mass is 9.72. The highest BCUT2D eigenvalue weighted by Gasteiger charge is 2.53. The van der Waals surface area contributed by atoms with Crippen molar-refractivity contribution >= 4 is 5.91 Å². The van der Waals surface area contributed by atoms with Gasteiger partial charge in [-0.1, -0.05) is 24.3 Å². The third-order valence-electron chi connectivity index (χ3n) is 5.71. The molecule has 0 bridgehead atoms. The summed E-state index contributed by atoms with van der Waals surface area (Å²) in [6.07, 6.45) is 5.53. The van der Waals surface area contributed by atoms with E-state index in [1.54, 1.807) is 19.3 Å². The summed E-state index contributed by atoms with van der Waals surface area (Å²) in [5.41, 5.74) is 3.58. The zero-order valence-electron chi connectivity index (χ0n) is 15.1. The standard InChI is InChI=1S/C21H25N3O2/c1-15(25)24-19-17-4-2-3-5-18(17)21(8-12-23-13-9-21)20(19)26-14-16-6-10-22-11-7-16/h2-7,10-11,19-20,23H,8-9,12-14H2,1H3,(H,24,25). The topological polar surface area (TPSA) is 63.2 Å². The van der Waals surface area contributed by atoms with Crippen molar-refractivity contribution in [2.45, 2.75) is 43.9 Å². The minimum absolute atomic E-state index is 0.0201. The van der Waals surface area contributed by atoms with Gasteiger partial charge in [0.05, 0.1) is 18.8 Å². The predicted octanol–water partition coefficient (Wildman–Crippen LogP) is 2.48. The van der Waals surface area contributed by atoms with Crippen LogP contribution in [0.2, 0.25) is 0 Å². The first-order valence-corrected chi connectivity index (χ1v) is 9.28. The third-order valence-corrected chi connectivity index (χ3v) is 5.71. The number of nitrogens with one attached hydrogen (secondary N) is 2. The van der Waals surface area contributed by atoms with Gasteiger partial charge in [-0.2, -0.15) is 0 Å². The van der Waals surface area contributed by atoms with E-state index in [1.165, 1.54) is 11.1 Å². The largest absolute Gasteiger partial charge is 0.370 e. The van der Waals surface area contributed by atoms with E-state index in [4.69, 9.17) is 4.74 Å². The molecule has 0 saturated carbocycles. The van der Waals surface area contributed by atoms with Crippen LogP contribution in [0.1, 0.15) is 42.5 Å². The molecule has 1 aliphatic carbocycles. The zero-order valence-corrected chi connectivity index (χ0v) is 15.1. The lowest BCUT2D eigenvalue weighted by Gasteiger charge is -2.41. The van der Waals surface area contributed by atoms with E-state index < -0.39 is 0 Å². The van der Waals surface area contributed by atoms with Crippen LogP contribution in [-0.2, 0) is 21.6 Å². The van der Waals surface area contributed by atoms with E-state index in [9.17, 15) is 4.79 Å². The van der Waals surface area contributed by atoms with Crippen molar-refractivity contribution < 1.29 is 9.53 Å². The van der Waals surface area contributed by atoms with Gasteiger partial charge in [-0.3, -0.25) is 9.78 Å². The van der Waals surface area contributed by atoms with Crippen LogP contribution in [-0.4, -0.2) is 30.1 Å². The van der Waals surface area contributed by atoms with Gasteiger partial charge >= 0.3 is 0 Å². The Labute approximate surface area is 154 Å². The van der Waals surface area contributed by atoms with Crippen LogP contribution in [0.3, 0.4) is 0 Å². The van der Waals surface area contributed by atoms with Crippen LogP contribution in [0.15, 0.2) is 48.8 Å². The molecule has 2 unspecified atom stereocenters. The summed E-state index contributed by atoms with van der Waals surface area (Å²) in [6, 6.07) is 12.3. The fourth-order valence-corrected chi connectivity index (χ4v) is 4.58. The Hall–Kier alpha value is -2.24. The van der Waals surface area contributed by atoms with Crippen molar-refractivity contribution in [2.24, 2.45) is 0 Å². The van der Waals surface area contributed by atoms with Crippen molar-refractivity contribution in [1.29, 1.82) is 0 Å². The second-order valence-corrected chi connectivity index (χ2v) is 7.26. The van der Waals surface area contributed by atoms with Crippen LogP contribution >= 0.6 is 0 Å². The average Bonchev–Trinajstić information content (AvgIpc) is 2.91. The molecule has 136 valence electrons. The highest BCUT2D eigenvalue weighted by atomic mass is 16.5. The molecule has 2 N–H and O–H groups in total. The number of aromatic nitrogens is 1. The summed E-state index contributed by atoms with van der Waals surface area (Å²) in [7, 11) is 0. The molecule has 5 nitrogen and oxygen atoms in total. The Balaban J connectivity index is 1.70. The van der Waals surface area contributed by atoms with Crippen molar-refractivity contribution in [3.8, 4) is 0 Å².